The fourth-order valence-corrected chi connectivity index (χ4v) is 2.49. The van der Waals surface area contributed by atoms with Crippen molar-refractivity contribution in [2.24, 2.45) is 5.92 Å². The normalized spacial score (nSPS) is 18.5. The summed E-state index contributed by atoms with van der Waals surface area (Å²) < 4.78 is 0. The van der Waals surface area contributed by atoms with Gasteiger partial charge in [-0.15, -0.1) is 0 Å². The van der Waals surface area contributed by atoms with Gasteiger partial charge in [0.1, 0.15) is 0 Å². The van der Waals surface area contributed by atoms with E-state index in [-0.39, 0.29) is 6.61 Å². The minimum absolute atomic E-state index is 0.282. The number of aliphatic hydroxyl groups is 1. The molecule has 82 valence electrons. The lowest BCUT2D eigenvalue weighted by molar-refractivity contribution is 0.206. The van der Waals surface area contributed by atoms with E-state index in [0.717, 1.165) is 17.4 Å². The van der Waals surface area contributed by atoms with Crippen molar-refractivity contribution >= 4 is 11.6 Å². The first-order chi connectivity index (χ1) is 7.31. The molecule has 1 fully saturated rings. The van der Waals surface area contributed by atoms with Gasteiger partial charge in [-0.05, 0) is 48.8 Å². The van der Waals surface area contributed by atoms with E-state index < -0.39 is 0 Å². The highest BCUT2D eigenvalue weighted by molar-refractivity contribution is 6.30. The third-order valence-corrected chi connectivity index (χ3v) is 3.71. The number of rotatable bonds is 4. The van der Waals surface area contributed by atoms with Crippen LogP contribution in [0.25, 0.3) is 0 Å². The summed E-state index contributed by atoms with van der Waals surface area (Å²) in [5.41, 5.74) is 1.33. The van der Waals surface area contributed by atoms with E-state index in [1.165, 1.54) is 24.8 Å². The van der Waals surface area contributed by atoms with E-state index in [1.54, 1.807) is 0 Å². The lowest BCUT2D eigenvalue weighted by atomic mass is 9.72. The van der Waals surface area contributed by atoms with Gasteiger partial charge in [0, 0.05) is 11.6 Å². The summed E-state index contributed by atoms with van der Waals surface area (Å²) in [7, 11) is 0. The molecule has 1 atom stereocenters. The van der Waals surface area contributed by atoms with Crippen LogP contribution in [-0.2, 0) is 0 Å². The molecule has 0 radical (unpaired) electrons. The number of benzene rings is 1. The Bertz CT molecular complexity index is 303. The van der Waals surface area contributed by atoms with E-state index >= 15 is 0 Å². The average molecular weight is 225 g/mol. The molecule has 0 aliphatic heterocycles. The molecule has 0 spiro atoms. The first-order valence-corrected chi connectivity index (χ1v) is 6.05. The molecule has 2 heteroatoms. The summed E-state index contributed by atoms with van der Waals surface area (Å²) in [6, 6.07) is 8.09. The summed E-state index contributed by atoms with van der Waals surface area (Å²) in [6.45, 7) is 0.282. The van der Waals surface area contributed by atoms with Gasteiger partial charge in [-0.1, -0.05) is 30.2 Å². The molecule has 0 amide bonds. The van der Waals surface area contributed by atoms with Crippen molar-refractivity contribution in [1.29, 1.82) is 0 Å². The second-order valence-corrected chi connectivity index (χ2v) is 4.80. The van der Waals surface area contributed by atoms with Gasteiger partial charge in [0.05, 0.1) is 0 Å². The molecule has 0 aromatic heterocycles. The van der Waals surface area contributed by atoms with E-state index in [9.17, 15) is 0 Å². The molecule has 15 heavy (non-hydrogen) atoms. The monoisotopic (exact) mass is 224 g/mol. The second kappa shape index (κ2) is 5.00. The summed E-state index contributed by atoms with van der Waals surface area (Å²) in [4.78, 5) is 0. The smallest absolute Gasteiger partial charge is 0.0436 e. The van der Waals surface area contributed by atoms with Gasteiger partial charge >= 0.3 is 0 Å². The third-order valence-electron chi connectivity index (χ3n) is 3.46. The van der Waals surface area contributed by atoms with Crippen LogP contribution in [0.4, 0.5) is 0 Å². The minimum atomic E-state index is 0.282. The Hall–Kier alpha value is -0.530. The first-order valence-electron chi connectivity index (χ1n) is 5.67. The Morgan fingerprint density at radius 1 is 1.27 bits per heavy atom. The van der Waals surface area contributed by atoms with Crippen LogP contribution in [-0.4, -0.2) is 11.7 Å². The fraction of sp³-hybridized carbons (Fsp3) is 0.538. The van der Waals surface area contributed by atoms with Crippen LogP contribution < -0.4 is 0 Å². The highest BCUT2D eigenvalue weighted by atomic mass is 35.5. The van der Waals surface area contributed by atoms with Crippen LogP contribution >= 0.6 is 11.6 Å². The Labute approximate surface area is 96.1 Å². The third kappa shape index (κ3) is 2.53. The summed E-state index contributed by atoms with van der Waals surface area (Å²) in [5, 5.41) is 9.88. The zero-order valence-electron chi connectivity index (χ0n) is 8.82. The molecule has 1 aliphatic rings. The maximum Gasteiger partial charge on any atom is 0.0436 e. The Morgan fingerprint density at radius 2 is 1.93 bits per heavy atom. The minimum Gasteiger partial charge on any atom is -0.396 e. The highest BCUT2D eigenvalue weighted by Crippen LogP contribution is 2.41. The van der Waals surface area contributed by atoms with Crippen molar-refractivity contribution in [3.8, 4) is 0 Å². The number of halogens is 1. The molecular weight excluding hydrogens is 208 g/mol. The lowest BCUT2D eigenvalue weighted by Crippen LogP contribution is -2.21. The second-order valence-electron chi connectivity index (χ2n) is 4.36. The van der Waals surface area contributed by atoms with Gasteiger partial charge in [0.2, 0.25) is 0 Å². The van der Waals surface area contributed by atoms with Gasteiger partial charge in [-0.2, -0.15) is 0 Å². The number of hydrogen-bond donors (Lipinski definition) is 1. The molecular formula is C13H17ClO. The Morgan fingerprint density at radius 3 is 2.40 bits per heavy atom. The van der Waals surface area contributed by atoms with Crippen LogP contribution in [0.3, 0.4) is 0 Å². The van der Waals surface area contributed by atoms with Gasteiger partial charge in [-0.25, -0.2) is 0 Å². The van der Waals surface area contributed by atoms with Crippen molar-refractivity contribution in [2.45, 2.75) is 31.6 Å². The van der Waals surface area contributed by atoms with Gasteiger partial charge in [0.15, 0.2) is 0 Å². The predicted octanol–water partition coefficient (Wildman–Crippen LogP) is 3.61. The molecule has 0 saturated heterocycles. The van der Waals surface area contributed by atoms with Crippen LogP contribution in [0.5, 0.6) is 0 Å². The number of aliphatic hydroxyl groups excluding tert-OH is 1. The molecule has 2 rings (SSSR count). The highest BCUT2D eigenvalue weighted by Gasteiger charge is 2.27. The Kier molecular flexibility index (Phi) is 3.66. The van der Waals surface area contributed by atoms with Gasteiger partial charge < -0.3 is 5.11 Å². The van der Waals surface area contributed by atoms with E-state index in [1.807, 2.05) is 12.1 Å². The molecule has 1 unspecified atom stereocenters. The molecule has 1 aromatic rings. The van der Waals surface area contributed by atoms with Gasteiger partial charge in [0.25, 0.3) is 0 Å². The molecule has 1 nitrogen and oxygen atoms in total. The number of hydrogen-bond acceptors (Lipinski definition) is 1. The van der Waals surface area contributed by atoms with E-state index in [2.05, 4.69) is 12.1 Å². The standard InChI is InChI=1S/C13H17ClO/c14-12-6-4-11(5-7-12)13(8-9-15)10-2-1-3-10/h4-7,10,13,15H,1-3,8-9H2. The van der Waals surface area contributed by atoms with E-state index in [0.29, 0.717) is 5.92 Å². The summed E-state index contributed by atoms with van der Waals surface area (Å²) in [5.74, 6) is 1.30. The molecule has 1 saturated carbocycles. The van der Waals surface area contributed by atoms with Crippen LogP contribution in [0.2, 0.25) is 5.02 Å². The van der Waals surface area contributed by atoms with Crippen LogP contribution in [0, 0.1) is 5.92 Å². The molecule has 0 heterocycles. The molecule has 1 aromatic carbocycles. The van der Waals surface area contributed by atoms with Gasteiger partial charge in [-0.3, -0.25) is 0 Å². The first kappa shape index (κ1) is 11.0. The largest absolute Gasteiger partial charge is 0.396 e. The predicted molar refractivity (Wildman–Crippen MR) is 63.2 cm³/mol. The van der Waals surface area contributed by atoms with Crippen molar-refractivity contribution in [1.82, 2.24) is 0 Å². The fourth-order valence-electron chi connectivity index (χ4n) is 2.37. The topological polar surface area (TPSA) is 20.2 Å². The molecule has 1 aliphatic carbocycles. The molecule has 1 N–H and O–H groups in total. The van der Waals surface area contributed by atoms with E-state index in [4.69, 9.17) is 16.7 Å². The zero-order valence-corrected chi connectivity index (χ0v) is 9.58. The quantitative estimate of drug-likeness (QED) is 0.829. The van der Waals surface area contributed by atoms with Crippen LogP contribution in [0.1, 0.15) is 37.2 Å². The zero-order chi connectivity index (χ0) is 10.7. The lowest BCUT2D eigenvalue weighted by Gasteiger charge is -2.34. The molecule has 0 bridgehead atoms. The van der Waals surface area contributed by atoms with Crippen molar-refractivity contribution in [3.63, 3.8) is 0 Å². The Balaban J connectivity index is 2.12. The van der Waals surface area contributed by atoms with Crippen molar-refractivity contribution in [2.75, 3.05) is 6.61 Å². The average Bonchev–Trinajstić information content (AvgIpc) is 2.16. The maximum atomic E-state index is 9.10. The summed E-state index contributed by atoms with van der Waals surface area (Å²) >= 11 is 5.87. The van der Waals surface area contributed by atoms with Crippen molar-refractivity contribution in [3.05, 3.63) is 34.9 Å². The maximum absolute atomic E-state index is 9.10. The van der Waals surface area contributed by atoms with Crippen LogP contribution in [0.15, 0.2) is 24.3 Å². The summed E-state index contributed by atoms with van der Waals surface area (Å²) in [6.07, 6.45) is 4.85. The SMILES string of the molecule is OCCC(c1ccc(Cl)cc1)C1CCC1. The van der Waals surface area contributed by atoms with Crippen molar-refractivity contribution < 1.29 is 5.11 Å².